The van der Waals surface area contributed by atoms with Crippen molar-refractivity contribution in [3.63, 3.8) is 0 Å². The Kier molecular flexibility index (Phi) is 4.41. The van der Waals surface area contributed by atoms with E-state index in [-0.39, 0.29) is 43.3 Å². The number of carboxylic acids is 1. The number of aliphatic carboxylic acids is 1. The third kappa shape index (κ3) is 2.47. The van der Waals surface area contributed by atoms with Crippen LogP contribution in [0.4, 0.5) is 0 Å². The summed E-state index contributed by atoms with van der Waals surface area (Å²) >= 11 is 4.12. The van der Waals surface area contributed by atoms with Crippen molar-refractivity contribution in [1.82, 2.24) is 4.90 Å². The summed E-state index contributed by atoms with van der Waals surface area (Å²) in [5.74, 6) is -2.03. The first-order chi connectivity index (χ1) is 9.87. The molecule has 0 bridgehead atoms. The van der Waals surface area contributed by atoms with Crippen molar-refractivity contribution in [1.29, 1.82) is 0 Å². The van der Waals surface area contributed by atoms with Gasteiger partial charge in [-0.2, -0.15) is 12.6 Å². The van der Waals surface area contributed by atoms with Crippen molar-refractivity contribution in [3.8, 4) is 0 Å². The first kappa shape index (κ1) is 16.0. The van der Waals surface area contributed by atoms with Crippen LogP contribution in [0.15, 0.2) is 0 Å². The fourth-order valence-electron chi connectivity index (χ4n) is 3.24. The van der Waals surface area contributed by atoms with Crippen LogP contribution in [-0.4, -0.2) is 51.8 Å². The summed E-state index contributed by atoms with van der Waals surface area (Å²) < 4.78 is 0. The highest BCUT2D eigenvalue weighted by molar-refractivity contribution is 7.80. The Morgan fingerprint density at radius 3 is 2.38 bits per heavy atom. The predicted octanol–water partition coefficient (Wildman–Crippen LogP) is 0.546. The van der Waals surface area contributed by atoms with E-state index in [1.807, 2.05) is 6.92 Å². The molecule has 1 aliphatic carbocycles. The van der Waals surface area contributed by atoms with E-state index in [1.54, 1.807) is 0 Å². The van der Waals surface area contributed by atoms with Gasteiger partial charge in [-0.3, -0.25) is 14.4 Å². The second-order valence-corrected chi connectivity index (χ2v) is 6.11. The van der Waals surface area contributed by atoms with Crippen LogP contribution in [0.25, 0.3) is 0 Å². The van der Waals surface area contributed by atoms with Crippen molar-refractivity contribution < 1.29 is 24.3 Å². The Balaban J connectivity index is 2.32. The maximum atomic E-state index is 12.5. The third-order valence-corrected chi connectivity index (χ3v) is 5.08. The molecule has 2 atom stereocenters. The molecule has 7 heteroatoms. The van der Waals surface area contributed by atoms with Crippen LogP contribution in [-0.2, 0) is 19.2 Å². The molecule has 1 heterocycles. The summed E-state index contributed by atoms with van der Waals surface area (Å²) in [5.41, 5.74) is -1.28. The van der Waals surface area contributed by atoms with Gasteiger partial charge in [-0.05, 0) is 12.8 Å². The number of hydrogen-bond acceptors (Lipinski definition) is 5. The van der Waals surface area contributed by atoms with Gasteiger partial charge in [0.15, 0.2) is 0 Å². The van der Waals surface area contributed by atoms with Gasteiger partial charge in [0.05, 0.1) is 0 Å². The van der Waals surface area contributed by atoms with Crippen molar-refractivity contribution in [3.05, 3.63) is 0 Å². The Morgan fingerprint density at radius 1 is 1.38 bits per heavy atom. The molecule has 0 aromatic carbocycles. The Hall–Kier alpha value is -1.37. The van der Waals surface area contributed by atoms with Gasteiger partial charge >= 0.3 is 5.97 Å². The molecule has 1 aliphatic heterocycles. The van der Waals surface area contributed by atoms with Crippen LogP contribution >= 0.6 is 12.6 Å². The zero-order valence-electron chi connectivity index (χ0n) is 11.9. The highest BCUT2D eigenvalue weighted by Crippen LogP contribution is 2.43. The number of nitrogens with zero attached hydrogens (tertiary/aromatic N) is 1. The van der Waals surface area contributed by atoms with Gasteiger partial charge in [0.25, 0.3) is 0 Å². The smallest absolute Gasteiger partial charge is 0.326 e. The lowest BCUT2D eigenvalue weighted by Crippen LogP contribution is -2.44. The lowest BCUT2D eigenvalue weighted by molar-refractivity contribution is -0.149. The van der Waals surface area contributed by atoms with Crippen molar-refractivity contribution in [2.24, 2.45) is 11.3 Å². The average molecular weight is 313 g/mol. The molecule has 6 nitrogen and oxygen atoms in total. The molecule has 0 aromatic rings. The van der Waals surface area contributed by atoms with Crippen LogP contribution in [0.2, 0.25) is 0 Å². The van der Waals surface area contributed by atoms with Crippen LogP contribution in [0.3, 0.4) is 0 Å². The molecule has 1 amide bonds. The molecule has 1 N–H and O–H groups in total. The van der Waals surface area contributed by atoms with Gasteiger partial charge in [-0.15, -0.1) is 0 Å². The van der Waals surface area contributed by atoms with E-state index in [0.717, 1.165) is 0 Å². The summed E-state index contributed by atoms with van der Waals surface area (Å²) in [7, 11) is 0. The first-order valence-corrected chi connectivity index (χ1v) is 7.71. The average Bonchev–Trinajstić information content (AvgIpc) is 2.98. The molecule has 1 unspecified atom stereocenters. The minimum Gasteiger partial charge on any atom is -0.480 e. The maximum Gasteiger partial charge on any atom is 0.326 e. The number of amides is 1. The molecule has 0 aromatic heterocycles. The molecule has 0 radical (unpaired) electrons. The minimum atomic E-state index is -1.28. The number of carbonyl (C=O) groups excluding carboxylic acids is 3. The number of thiol groups is 1. The van der Waals surface area contributed by atoms with E-state index >= 15 is 0 Å². The van der Waals surface area contributed by atoms with Crippen molar-refractivity contribution in [2.45, 2.75) is 38.6 Å². The molecule has 2 fully saturated rings. The van der Waals surface area contributed by atoms with Gasteiger partial charge < -0.3 is 10.0 Å². The zero-order chi connectivity index (χ0) is 15.8. The first-order valence-electron chi connectivity index (χ1n) is 7.08. The Labute approximate surface area is 128 Å². The number of hydrogen-bond donors (Lipinski definition) is 2. The quantitative estimate of drug-likeness (QED) is 0.584. The Morgan fingerprint density at radius 2 is 1.95 bits per heavy atom. The standard InChI is InChI=1S/C14H19NO5S/c1-2-8(6-21)12(18)15-7-14(5-9(15)13(19)20)10(16)3-4-11(14)17/h8-9,21H,2-7H2,1H3,(H,19,20)/t8?,9-/m0/s1. The van der Waals surface area contributed by atoms with E-state index in [9.17, 15) is 24.3 Å². The highest BCUT2D eigenvalue weighted by Gasteiger charge is 2.59. The normalized spacial score (nSPS) is 25.6. The summed E-state index contributed by atoms with van der Waals surface area (Å²) in [4.78, 5) is 49.3. The molecular formula is C14H19NO5S. The summed E-state index contributed by atoms with van der Waals surface area (Å²) in [5, 5.41) is 9.34. The lowest BCUT2D eigenvalue weighted by atomic mass is 9.82. The second-order valence-electron chi connectivity index (χ2n) is 5.74. The van der Waals surface area contributed by atoms with Crippen LogP contribution in [0.5, 0.6) is 0 Å². The Bertz CT molecular complexity index is 484. The fourth-order valence-corrected chi connectivity index (χ4v) is 3.65. The van der Waals surface area contributed by atoms with Crippen molar-refractivity contribution in [2.75, 3.05) is 12.3 Å². The molecule has 1 saturated heterocycles. The van der Waals surface area contributed by atoms with Gasteiger partial charge in [-0.1, -0.05) is 6.92 Å². The molecule has 116 valence electrons. The topological polar surface area (TPSA) is 91.8 Å². The van der Waals surface area contributed by atoms with E-state index in [4.69, 9.17) is 0 Å². The number of ketones is 2. The summed E-state index contributed by atoms with van der Waals surface area (Å²) in [6.07, 6.45) is 0.753. The molecule has 1 spiro atoms. The number of likely N-dealkylation sites (tertiary alicyclic amines) is 1. The lowest BCUT2D eigenvalue weighted by Gasteiger charge is -2.26. The largest absolute Gasteiger partial charge is 0.480 e. The number of carboxylic acid groups (broad SMARTS) is 1. The van der Waals surface area contributed by atoms with Crippen LogP contribution in [0.1, 0.15) is 32.6 Å². The van der Waals surface area contributed by atoms with Crippen molar-refractivity contribution >= 4 is 36.1 Å². The van der Waals surface area contributed by atoms with Crippen LogP contribution < -0.4 is 0 Å². The van der Waals surface area contributed by atoms with E-state index in [1.165, 1.54) is 4.90 Å². The molecular weight excluding hydrogens is 294 g/mol. The second kappa shape index (κ2) is 5.79. The fraction of sp³-hybridized carbons (Fsp3) is 0.714. The molecule has 2 aliphatic rings. The van der Waals surface area contributed by atoms with Gasteiger partial charge in [-0.25, -0.2) is 4.79 Å². The summed E-state index contributed by atoms with van der Waals surface area (Å²) in [6.45, 7) is 1.73. The third-order valence-electron chi connectivity index (χ3n) is 4.64. The zero-order valence-corrected chi connectivity index (χ0v) is 12.8. The van der Waals surface area contributed by atoms with E-state index in [0.29, 0.717) is 12.2 Å². The van der Waals surface area contributed by atoms with Crippen LogP contribution in [0, 0.1) is 11.3 Å². The highest BCUT2D eigenvalue weighted by atomic mass is 32.1. The maximum absolute atomic E-state index is 12.5. The molecule has 2 rings (SSSR count). The van der Waals surface area contributed by atoms with Gasteiger partial charge in [0.2, 0.25) is 5.91 Å². The monoisotopic (exact) mass is 313 g/mol. The molecule has 1 saturated carbocycles. The number of Topliss-reactive ketones (excluding diaryl/α,β-unsaturated/α-hetero) is 2. The SMILES string of the molecule is CCC(CS)C(=O)N1CC2(C[C@H]1C(=O)O)C(=O)CCC2=O. The van der Waals surface area contributed by atoms with E-state index < -0.39 is 23.3 Å². The number of rotatable bonds is 4. The van der Waals surface area contributed by atoms with Gasteiger partial charge in [0, 0.05) is 31.1 Å². The minimum absolute atomic E-state index is 0.0885. The number of carbonyl (C=O) groups is 4. The van der Waals surface area contributed by atoms with E-state index in [2.05, 4.69) is 12.6 Å². The predicted molar refractivity (Wildman–Crippen MR) is 77.1 cm³/mol. The van der Waals surface area contributed by atoms with Gasteiger partial charge in [0.1, 0.15) is 23.0 Å². The summed E-state index contributed by atoms with van der Waals surface area (Å²) in [6, 6.07) is -1.10. The molecule has 21 heavy (non-hydrogen) atoms.